The molecular weight excluding hydrogens is 296 g/mol. The fourth-order valence-corrected chi connectivity index (χ4v) is 2.83. The summed E-state index contributed by atoms with van der Waals surface area (Å²) in [6.07, 6.45) is -0.405. The van der Waals surface area contributed by atoms with Crippen molar-refractivity contribution < 1.29 is 5.11 Å². The van der Waals surface area contributed by atoms with E-state index in [1.54, 1.807) is 18.7 Å². The molecule has 3 heteroatoms. The Hall–Kier alpha value is -0.770. The number of aliphatic hydroxyl groups excluding tert-OH is 1. The van der Waals surface area contributed by atoms with Gasteiger partial charge >= 0.3 is 0 Å². The van der Waals surface area contributed by atoms with Crippen LogP contribution in [0.5, 0.6) is 0 Å². The van der Waals surface area contributed by atoms with E-state index in [-0.39, 0.29) is 0 Å². The summed E-state index contributed by atoms with van der Waals surface area (Å²) in [7, 11) is 0. The lowest BCUT2D eigenvalue weighted by atomic mass is 10.1. The predicted octanol–water partition coefficient (Wildman–Crippen LogP) is 4.65. The van der Waals surface area contributed by atoms with Gasteiger partial charge < -0.3 is 5.11 Å². The fourth-order valence-electron chi connectivity index (χ4n) is 1.47. The molecule has 1 unspecified atom stereocenters. The minimum absolute atomic E-state index is 0.405. The molecular formula is C14H13BrOS. The molecule has 17 heavy (non-hydrogen) atoms. The number of rotatable bonds is 3. The molecule has 0 fully saturated rings. The van der Waals surface area contributed by atoms with Gasteiger partial charge in [-0.3, -0.25) is 0 Å². The lowest BCUT2D eigenvalue weighted by Crippen LogP contribution is -1.89. The highest BCUT2D eigenvalue weighted by atomic mass is 79.9. The van der Waals surface area contributed by atoms with Crippen LogP contribution in [-0.2, 0) is 0 Å². The standard InChI is InChI=1S/C14H13BrOS/c1-10(16)11-6-8-12(9-7-11)17-14-5-3-2-4-13(14)15/h2-10,16H,1H3. The van der Waals surface area contributed by atoms with Gasteiger partial charge in [-0.05, 0) is 52.7 Å². The maximum Gasteiger partial charge on any atom is 0.0761 e. The first-order valence-corrected chi connectivity index (χ1v) is 6.98. The summed E-state index contributed by atoms with van der Waals surface area (Å²) in [5.41, 5.74) is 0.946. The van der Waals surface area contributed by atoms with Crippen LogP contribution >= 0.6 is 27.7 Å². The molecule has 1 nitrogen and oxygen atoms in total. The average molecular weight is 309 g/mol. The van der Waals surface area contributed by atoms with Gasteiger partial charge in [-0.25, -0.2) is 0 Å². The van der Waals surface area contributed by atoms with E-state index in [0.29, 0.717) is 0 Å². The van der Waals surface area contributed by atoms with Gasteiger partial charge in [0.1, 0.15) is 0 Å². The second-order valence-electron chi connectivity index (χ2n) is 3.78. The number of halogens is 1. The first-order valence-electron chi connectivity index (χ1n) is 5.37. The van der Waals surface area contributed by atoms with Gasteiger partial charge in [-0.1, -0.05) is 36.0 Å². The van der Waals surface area contributed by atoms with E-state index in [0.717, 1.165) is 10.0 Å². The van der Waals surface area contributed by atoms with E-state index < -0.39 is 6.10 Å². The molecule has 1 atom stereocenters. The van der Waals surface area contributed by atoms with E-state index >= 15 is 0 Å². The van der Waals surface area contributed by atoms with Crippen molar-refractivity contribution in [2.75, 3.05) is 0 Å². The molecule has 2 aromatic rings. The molecule has 0 heterocycles. The van der Waals surface area contributed by atoms with Crippen molar-refractivity contribution in [3.8, 4) is 0 Å². The van der Waals surface area contributed by atoms with Crippen molar-refractivity contribution in [2.45, 2.75) is 22.8 Å². The van der Waals surface area contributed by atoms with Gasteiger partial charge in [-0.15, -0.1) is 0 Å². The smallest absolute Gasteiger partial charge is 0.0761 e. The number of aliphatic hydroxyl groups is 1. The molecule has 0 saturated heterocycles. The molecule has 0 aromatic heterocycles. The zero-order chi connectivity index (χ0) is 12.3. The van der Waals surface area contributed by atoms with Crippen molar-refractivity contribution in [1.29, 1.82) is 0 Å². The molecule has 0 spiro atoms. The first kappa shape index (κ1) is 12.7. The quantitative estimate of drug-likeness (QED) is 0.890. The van der Waals surface area contributed by atoms with Gasteiger partial charge in [0.05, 0.1) is 6.10 Å². The monoisotopic (exact) mass is 308 g/mol. The highest BCUT2D eigenvalue weighted by Gasteiger charge is 2.03. The SMILES string of the molecule is CC(O)c1ccc(Sc2ccccc2Br)cc1. The molecule has 88 valence electrons. The van der Waals surface area contributed by atoms with Crippen molar-refractivity contribution in [3.63, 3.8) is 0 Å². The topological polar surface area (TPSA) is 20.2 Å². The lowest BCUT2D eigenvalue weighted by Gasteiger charge is -2.07. The van der Waals surface area contributed by atoms with Gasteiger partial charge in [0, 0.05) is 14.3 Å². The molecule has 0 bridgehead atoms. The van der Waals surface area contributed by atoms with Gasteiger partial charge in [0.2, 0.25) is 0 Å². The molecule has 0 amide bonds. The van der Waals surface area contributed by atoms with Crippen molar-refractivity contribution in [1.82, 2.24) is 0 Å². The summed E-state index contributed by atoms with van der Waals surface area (Å²) in [4.78, 5) is 2.36. The highest BCUT2D eigenvalue weighted by molar-refractivity contribution is 9.10. The van der Waals surface area contributed by atoms with Gasteiger partial charge in [0.15, 0.2) is 0 Å². The summed E-state index contributed by atoms with van der Waals surface area (Å²) >= 11 is 5.24. The normalized spacial score (nSPS) is 12.4. The fraction of sp³-hybridized carbons (Fsp3) is 0.143. The van der Waals surface area contributed by atoms with Crippen LogP contribution in [-0.4, -0.2) is 5.11 Å². The van der Waals surface area contributed by atoms with Crippen molar-refractivity contribution in [3.05, 3.63) is 58.6 Å². The van der Waals surface area contributed by atoms with Crippen LogP contribution in [0.25, 0.3) is 0 Å². The largest absolute Gasteiger partial charge is 0.389 e. The van der Waals surface area contributed by atoms with Crippen molar-refractivity contribution in [2.24, 2.45) is 0 Å². The number of hydrogen-bond acceptors (Lipinski definition) is 2. The zero-order valence-corrected chi connectivity index (χ0v) is 11.8. The maximum atomic E-state index is 9.43. The van der Waals surface area contributed by atoms with E-state index in [1.165, 1.54) is 9.79 Å². The minimum atomic E-state index is -0.405. The molecule has 0 aliphatic heterocycles. The first-order chi connectivity index (χ1) is 8.16. The van der Waals surface area contributed by atoms with E-state index in [4.69, 9.17) is 0 Å². The van der Waals surface area contributed by atoms with Crippen molar-refractivity contribution >= 4 is 27.7 Å². The van der Waals surface area contributed by atoms with Crippen LogP contribution in [0, 0.1) is 0 Å². The van der Waals surface area contributed by atoms with Gasteiger partial charge in [0.25, 0.3) is 0 Å². The highest BCUT2D eigenvalue weighted by Crippen LogP contribution is 2.33. The van der Waals surface area contributed by atoms with E-state index in [9.17, 15) is 5.11 Å². The Morgan fingerprint density at radius 3 is 2.29 bits per heavy atom. The lowest BCUT2D eigenvalue weighted by molar-refractivity contribution is 0.199. The molecule has 0 radical (unpaired) electrons. The van der Waals surface area contributed by atoms with Crippen LogP contribution in [0.4, 0.5) is 0 Å². The predicted molar refractivity (Wildman–Crippen MR) is 75.3 cm³/mol. The van der Waals surface area contributed by atoms with Crippen LogP contribution in [0.2, 0.25) is 0 Å². The Kier molecular flexibility index (Phi) is 4.26. The maximum absolute atomic E-state index is 9.43. The molecule has 0 aliphatic rings. The average Bonchev–Trinajstić information content (AvgIpc) is 2.33. The third kappa shape index (κ3) is 3.35. The molecule has 0 saturated carbocycles. The summed E-state index contributed by atoms with van der Waals surface area (Å²) in [5, 5.41) is 9.43. The Balaban J connectivity index is 2.17. The van der Waals surface area contributed by atoms with E-state index in [1.807, 2.05) is 42.5 Å². The third-order valence-corrected chi connectivity index (χ3v) is 4.46. The molecule has 1 N–H and O–H groups in total. The molecule has 2 aromatic carbocycles. The molecule has 2 rings (SSSR count). The third-order valence-electron chi connectivity index (χ3n) is 2.43. The van der Waals surface area contributed by atoms with Crippen LogP contribution in [0.3, 0.4) is 0 Å². The zero-order valence-electron chi connectivity index (χ0n) is 9.43. The summed E-state index contributed by atoms with van der Waals surface area (Å²) in [6, 6.07) is 16.1. The number of hydrogen-bond donors (Lipinski definition) is 1. The van der Waals surface area contributed by atoms with Gasteiger partial charge in [-0.2, -0.15) is 0 Å². The second-order valence-corrected chi connectivity index (χ2v) is 5.75. The minimum Gasteiger partial charge on any atom is -0.389 e. The summed E-state index contributed by atoms with van der Waals surface area (Å²) in [6.45, 7) is 1.77. The Morgan fingerprint density at radius 1 is 1.06 bits per heavy atom. The molecule has 0 aliphatic carbocycles. The van der Waals surface area contributed by atoms with Crippen LogP contribution < -0.4 is 0 Å². The summed E-state index contributed by atoms with van der Waals surface area (Å²) in [5.74, 6) is 0. The second kappa shape index (κ2) is 5.71. The van der Waals surface area contributed by atoms with Crippen LogP contribution in [0.15, 0.2) is 62.8 Å². The Morgan fingerprint density at radius 2 is 1.71 bits per heavy atom. The Bertz CT molecular complexity index is 494. The number of benzene rings is 2. The van der Waals surface area contributed by atoms with E-state index in [2.05, 4.69) is 22.0 Å². The summed E-state index contributed by atoms with van der Waals surface area (Å²) < 4.78 is 1.10. The van der Waals surface area contributed by atoms with Crippen LogP contribution in [0.1, 0.15) is 18.6 Å². The Labute approximate surface area is 114 Å².